The molecule has 0 bridgehead atoms. The molecule has 0 amide bonds. The van der Waals surface area contributed by atoms with Crippen molar-refractivity contribution in [2.75, 3.05) is 18.2 Å². The second-order valence-electron chi connectivity index (χ2n) is 5.96. The highest BCUT2D eigenvalue weighted by molar-refractivity contribution is 7.98. The Balaban J connectivity index is 1.72. The average Bonchev–Trinajstić information content (AvgIpc) is 3.11. The van der Waals surface area contributed by atoms with Gasteiger partial charge in [0.1, 0.15) is 5.82 Å². The van der Waals surface area contributed by atoms with Crippen LogP contribution in [-0.2, 0) is 6.54 Å². The van der Waals surface area contributed by atoms with Crippen molar-refractivity contribution in [2.24, 2.45) is 0 Å². The van der Waals surface area contributed by atoms with E-state index in [9.17, 15) is 0 Å². The lowest BCUT2D eigenvalue weighted by Crippen LogP contribution is -2.12. The van der Waals surface area contributed by atoms with Crippen molar-refractivity contribution in [3.63, 3.8) is 0 Å². The molecule has 6 heteroatoms. The summed E-state index contributed by atoms with van der Waals surface area (Å²) >= 11 is 1.54. The number of aromatic nitrogens is 4. The lowest BCUT2D eigenvalue weighted by Gasteiger charge is -2.19. The average molecular weight is 361 g/mol. The van der Waals surface area contributed by atoms with E-state index in [1.165, 1.54) is 17.3 Å². The molecule has 0 fully saturated rings. The van der Waals surface area contributed by atoms with Crippen molar-refractivity contribution in [1.29, 1.82) is 0 Å². The van der Waals surface area contributed by atoms with E-state index < -0.39 is 0 Å². The molecule has 0 radical (unpaired) electrons. The SMILES string of the molecule is CSc1nccc(N(C)c2cccc3c2cnn3Cc2ccccc2)n1. The smallest absolute Gasteiger partial charge is 0.189 e. The summed E-state index contributed by atoms with van der Waals surface area (Å²) in [5, 5.41) is 6.49. The molecule has 0 saturated carbocycles. The van der Waals surface area contributed by atoms with Gasteiger partial charge < -0.3 is 4.90 Å². The van der Waals surface area contributed by atoms with Gasteiger partial charge in [0.2, 0.25) is 0 Å². The fourth-order valence-electron chi connectivity index (χ4n) is 3.00. The van der Waals surface area contributed by atoms with Crippen LogP contribution in [-0.4, -0.2) is 33.1 Å². The molecule has 2 aromatic heterocycles. The summed E-state index contributed by atoms with van der Waals surface area (Å²) < 4.78 is 2.04. The standard InChI is InChI=1S/C20H19N5S/c1-24(19-11-12-21-20(23-19)26-2)17-9-6-10-18-16(17)13-22-25(18)14-15-7-4-3-5-8-15/h3-13H,14H2,1-2H3. The zero-order valence-corrected chi connectivity index (χ0v) is 15.5. The van der Waals surface area contributed by atoms with E-state index in [0.29, 0.717) is 0 Å². The molecule has 130 valence electrons. The quantitative estimate of drug-likeness (QED) is 0.390. The third-order valence-corrected chi connectivity index (χ3v) is 4.91. The lowest BCUT2D eigenvalue weighted by atomic mass is 10.2. The van der Waals surface area contributed by atoms with Gasteiger partial charge in [0.25, 0.3) is 0 Å². The van der Waals surface area contributed by atoms with Crippen molar-refractivity contribution in [3.05, 3.63) is 72.6 Å². The minimum atomic E-state index is 0.752. The number of hydrogen-bond donors (Lipinski definition) is 0. The summed E-state index contributed by atoms with van der Waals surface area (Å²) in [7, 11) is 2.02. The van der Waals surface area contributed by atoms with E-state index in [4.69, 9.17) is 0 Å². The van der Waals surface area contributed by atoms with Crippen molar-refractivity contribution in [2.45, 2.75) is 11.7 Å². The summed E-state index contributed by atoms with van der Waals surface area (Å²) in [6.07, 6.45) is 5.71. The van der Waals surface area contributed by atoms with E-state index >= 15 is 0 Å². The Hall–Kier alpha value is -2.86. The van der Waals surface area contributed by atoms with Crippen LogP contribution in [0.1, 0.15) is 5.56 Å². The highest BCUT2D eigenvalue weighted by Gasteiger charge is 2.13. The van der Waals surface area contributed by atoms with Crippen molar-refractivity contribution >= 4 is 34.2 Å². The third-order valence-electron chi connectivity index (χ3n) is 4.35. The predicted octanol–water partition coefficient (Wildman–Crippen LogP) is 4.36. The highest BCUT2D eigenvalue weighted by Crippen LogP contribution is 2.30. The van der Waals surface area contributed by atoms with E-state index in [2.05, 4.69) is 62.4 Å². The van der Waals surface area contributed by atoms with E-state index in [1.54, 1.807) is 6.20 Å². The molecule has 5 nitrogen and oxygen atoms in total. The van der Waals surface area contributed by atoms with Gasteiger partial charge in [0.15, 0.2) is 5.16 Å². The van der Waals surface area contributed by atoms with Gasteiger partial charge in [-0.15, -0.1) is 0 Å². The number of rotatable bonds is 5. The van der Waals surface area contributed by atoms with Crippen LogP contribution in [0, 0.1) is 0 Å². The molecule has 0 unspecified atom stereocenters. The van der Waals surface area contributed by atoms with Crippen molar-refractivity contribution in [1.82, 2.24) is 19.7 Å². The number of nitrogens with zero attached hydrogens (tertiary/aromatic N) is 5. The molecule has 26 heavy (non-hydrogen) atoms. The molecule has 0 saturated heterocycles. The number of fused-ring (bicyclic) bond motifs is 1. The monoisotopic (exact) mass is 361 g/mol. The van der Waals surface area contributed by atoms with Gasteiger partial charge in [-0.2, -0.15) is 5.10 Å². The van der Waals surface area contributed by atoms with Gasteiger partial charge in [-0.25, -0.2) is 9.97 Å². The largest absolute Gasteiger partial charge is 0.329 e. The van der Waals surface area contributed by atoms with Crippen LogP contribution >= 0.6 is 11.8 Å². The molecule has 0 aliphatic rings. The van der Waals surface area contributed by atoms with Crippen molar-refractivity contribution < 1.29 is 0 Å². The maximum atomic E-state index is 4.61. The Morgan fingerprint density at radius 1 is 1.04 bits per heavy atom. The highest BCUT2D eigenvalue weighted by atomic mass is 32.2. The van der Waals surface area contributed by atoms with Crippen LogP contribution in [0.3, 0.4) is 0 Å². The van der Waals surface area contributed by atoms with Crippen LogP contribution in [0.4, 0.5) is 11.5 Å². The van der Waals surface area contributed by atoms with Gasteiger partial charge >= 0.3 is 0 Å². The Kier molecular flexibility index (Phi) is 4.58. The van der Waals surface area contributed by atoms with Crippen molar-refractivity contribution in [3.8, 4) is 0 Å². The normalized spacial score (nSPS) is 11.0. The van der Waals surface area contributed by atoms with Crippen LogP contribution < -0.4 is 4.90 Å². The molecule has 4 rings (SSSR count). The zero-order valence-electron chi connectivity index (χ0n) is 14.7. The summed E-state index contributed by atoms with van der Waals surface area (Å²) in [4.78, 5) is 10.9. The van der Waals surface area contributed by atoms with Crippen LogP contribution in [0.2, 0.25) is 0 Å². The van der Waals surface area contributed by atoms with E-state index in [0.717, 1.165) is 34.1 Å². The third kappa shape index (κ3) is 3.15. The number of benzene rings is 2. The Bertz CT molecular complexity index is 1030. The molecule has 0 aliphatic carbocycles. The first-order valence-electron chi connectivity index (χ1n) is 8.35. The van der Waals surface area contributed by atoms with Crippen LogP contribution in [0.25, 0.3) is 10.9 Å². The molecule has 4 aromatic rings. The summed E-state index contributed by atoms with van der Waals surface area (Å²) in [6, 6.07) is 18.6. The fourth-order valence-corrected chi connectivity index (χ4v) is 3.35. The van der Waals surface area contributed by atoms with E-state index in [1.807, 2.05) is 36.3 Å². The molecule has 2 heterocycles. The summed E-state index contributed by atoms with van der Waals surface area (Å²) in [5.74, 6) is 0.868. The minimum absolute atomic E-state index is 0.752. The van der Waals surface area contributed by atoms with Crippen LogP contribution in [0.5, 0.6) is 0 Å². The summed E-state index contributed by atoms with van der Waals surface area (Å²) in [6.45, 7) is 0.752. The number of thioether (sulfide) groups is 1. The Morgan fingerprint density at radius 3 is 2.69 bits per heavy atom. The van der Waals surface area contributed by atoms with Gasteiger partial charge in [0.05, 0.1) is 23.9 Å². The number of hydrogen-bond acceptors (Lipinski definition) is 5. The molecule has 0 aliphatic heterocycles. The summed E-state index contributed by atoms with van der Waals surface area (Å²) in [5.41, 5.74) is 3.42. The first-order valence-corrected chi connectivity index (χ1v) is 9.58. The van der Waals surface area contributed by atoms with Gasteiger partial charge in [-0.3, -0.25) is 4.68 Å². The molecule has 0 N–H and O–H groups in total. The first kappa shape index (κ1) is 16.6. The maximum Gasteiger partial charge on any atom is 0.189 e. The molecule has 2 aromatic carbocycles. The Labute approximate surface area is 156 Å². The van der Waals surface area contributed by atoms with E-state index in [-0.39, 0.29) is 0 Å². The number of anilines is 2. The lowest BCUT2D eigenvalue weighted by molar-refractivity contribution is 0.712. The topological polar surface area (TPSA) is 46.8 Å². The maximum absolute atomic E-state index is 4.61. The minimum Gasteiger partial charge on any atom is -0.329 e. The zero-order chi connectivity index (χ0) is 17.9. The van der Waals surface area contributed by atoms with Gasteiger partial charge in [-0.1, -0.05) is 48.2 Å². The second-order valence-corrected chi connectivity index (χ2v) is 6.73. The van der Waals surface area contributed by atoms with Crippen LogP contribution in [0.15, 0.2) is 72.1 Å². The van der Waals surface area contributed by atoms with Gasteiger partial charge in [0, 0.05) is 18.6 Å². The predicted molar refractivity (Wildman–Crippen MR) is 107 cm³/mol. The second kappa shape index (κ2) is 7.17. The van der Waals surface area contributed by atoms with Gasteiger partial charge in [-0.05, 0) is 30.0 Å². The first-order chi connectivity index (χ1) is 12.8. The fraction of sp³-hybridized carbons (Fsp3) is 0.150. The molecular weight excluding hydrogens is 342 g/mol. The molecule has 0 atom stereocenters. The Morgan fingerprint density at radius 2 is 1.88 bits per heavy atom. The molecular formula is C20H19N5S. The molecule has 0 spiro atoms.